The number of hydrogen-bond acceptors (Lipinski definition) is 4. The second kappa shape index (κ2) is 8.11. The van der Waals surface area contributed by atoms with E-state index in [-0.39, 0.29) is 18.7 Å². The summed E-state index contributed by atoms with van der Waals surface area (Å²) >= 11 is 0. The van der Waals surface area contributed by atoms with Crippen LogP contribution in [0.1, 0.15) is 34.6 Å². The van der Waals surface area contributed by atoms with E-state index >= 15 is 0 Å². The second-order valence-corrected chi connectivity index (χ2v) is 7.56. The van der Waals surface area contributed by atoms with Gasteiger partial charge in [0.05, 0.1) is 18.1 Å². The summed E-state index contributed by atoms with van der Waals surface area (Å²) in [4.78, 5) is 20.2. The van der Waals surface area contributed by atoms with Crippen molar-refractivity contribution in [3.8, 4) is 11.5 Å². The molecule has 0 radical (unpaired) electrons. The van der Waals surface area contributed by atoms with Gasteiger partial charge in [-0.25, -0.2) is 4.98 Å². The van der Waals surface area contributed by atoms with Gasteiger partial charge in [-0.05, 0) is 30.7 Å². The normalized spacial score (nSPS) is 13.2. The Morgan fingerprint density at radius 2 is 1.74 bits per heavy atom. The summed E-state index contributed by atoms with van der Waals surface area (Å²) in [5.41, 5.74) is 3.19. The molecule has 154 valence electrons. The Morgan fingerprint density at radius 3 is 2.61 bits per heavy atom. The molecule has 4 aromatic rings. The summed E-state index contributed by atoms with van der Waals surface area (Å²) in [6.07, 6.45) is 0. The number of carbonyl (C=O) groups is 1. The van der Waals surface area contributed by atoms with Crippen molar-refractivity contribution in [2.24, 2.45) is 0 Å². The number of hydrogen-bond donors (Lipinski definition) is 0. The standard InChI is InChI=1S/C26H22N2O3/c1-18(19-8-3-2-4-9-19)28(16-21-11-7-13-24-25(21)31-17-30-24)26(29)23-15-14-20-10-5-6-12-22(20)27-23/h2-15,18H,16-17H2,1H3/t18-/m0/s1. The minimum absolute atomic E-state index is 0.126. The first-order valence-corrected chi connectivity index (χ1v) is 10.3. The Hall–Kier alpha value is -3.86. The number of rotatable bonds is 5. The molecular weight excluding hydrogens is 388 g/mol. The number of pyridine rings is 1. The van der Waals surface area contributed by atoms with E-state index in [0.29, 0.717) is 23.7 Å². The lowest BCUT2D eigenvalue weighted by atomic mass is 10.0. The average molecular weight is 410 g/mol. The molecule has 1 aromatic heterocycles. The fourth-order valence-electron chi connectivity index (χ4n) is 3.93. The summed E-state index contributed by atoms with van der Waals surface area (Å²) in [5.74, 6) is 1.28. The van der Waals surface area contributed by atoms with Crippen LogP contribution in [0.15, 0.2) is 84.9 Å². The highest BCUT2D eigenvalue weighted by atomic mass is 16.7. The summed E-state index contributed by atoms with van der Waals surface area (Å²) in [7, 11) is 0. The van der Waals surface area contributed by atoms with Gasteiger partial charge < -0.3 is 14.4 Å². The van der Waals surface area contributed by atoms with Crippen LogP contribution in [0.4, 0.5) is 0 Å². The van der Waals surface area contributed by atoms with Gasteiger partial charge in [-0.15, -0.1) is 0 Å². The van der Waals surface area contributed by atoms with Gasteiger partial charge in [0.1, 0.15) is 5.69 Å². The van der Waals surface area contributed by atoms with E-state index in [0.717, 1.165) is 22.0 Å². The van der Waals surface area contributed by atoms with Crippen molar-refractivity contribution >= 4 is 16.8 Å². The summed E-state index contributed by atoms with van der Waals surface area (Å²) in [6.45, 7) is 2.62. The lowest BCUT2D eigenvalue weighted by Gasteiger charge is -2.30. The van der Waals surface area contributed by atoms with Crippen molar-refractivity contribution < 1.29 is 14.3 Å². The highest BCUT2D eigenvalue weighted by molar-refractivity contribution is 5.95. The Balaban J connectivity index is 1.54. The molecule has 0 saturated heterocycles. The Labute approximate surface area is 180 Å². The monoisotopic (exact) mass is 410 g/mol. The SMILES string of the molecule is C[C@@H](c1ccccc1)N(Cc1cccc2c1OCO2)C(=O)c1ccc2ccccc2n1. The molecule has 31 heavy (non-hydrogen) atoms. The molecule has 0 fully saturated rings. The number of fused-ring (bicyclic) bond motifs is 2. The molecule has 2 heterocycles. The molecule has 3 aromatic carbocycles. The molecule has 1 amide bonds. The molecule has 1 atom stereocenters. The van der Waals surface area contributed by atoms with Crippen molar-refractivity contribution in [2.75, 3.05) is 6.79 Å². The predicted octanol–water partition coefficient (Wildman–Crippen LogP) is 5.37. The highest BCUT2D eigenvalue weighted by Gasteiger charge is 2.27. The van der Waals surface area contributed by atoms with E-state index in [9.17, 15) is 4.79 Å². The van der Waals surface area contributed by atoms with Gasteiger partial charge in [0, 0.05) is 10.9 Å². The average Bonchev–Trinajstić information content (AvgIpc) is 3.32. The zero-order chi connectivity index (χ0) is 21.2. The fourth-order valence-corrected chi connectivity index (χ4v) is 3.93. The summed E-state index contributed by atoms with van der Waals surface area (Å²) < 4.78 is 11.2. The van der Waals surface area contributed by atoms with E-state index in [4.69, 9.17) is 9.47 Å². The first kappa shape index (κ1) is 19.1. The van der Waals surface area contributed by atoms with E-state index in [2.05, 4.69) is 4.98 Å². The zero-order valence-electron chi connectivity index (χ0n) is 17.2. The minimum Gasteiger partial charge on any atom is -0.454 e. The number of carbonyl (C=O) groups excluding carboxylic acids is 1. The third-order valence-corrected chi connectivity index (χ3v) is 5.65. The molecule has 0 unspecified atom stereocenters. The third-order valence-electron chi connectivity index (χ3n) is 5.65. The lowest BCUT2D eigenvalue weighted by Crippen LogP contribution is -2.33. The molecule has 1 aliphatic heterocycles. The topological polar surface area (TPSA) is 51.7 Å². The molecule has 0 aliphatic carbocycles. The number of aromatic nitrogens is 1. The number of benzene rings is 3. The molecule has 1 aliphatic rings. The number of amides is 1. The molecule has 0 bridgehead atoms. The van der Waals surface area contributed by atoms with Crippen molar-refractivity contribution in [3.05, 3.63) is 102 Å². The van der Waals surface area contributed by atoms with Crippen LogP contribution < -0.4 is 9.47 Å². The fraction of sp³-hybridized carbons (Fsp3) is 0.154. The van der Waals surface area contributed by atoms with Crippen LogP contribution in [0.2, 0.25) is 0 Å². The van der Waals surface area contributed by atoms with Gasteiger partial charge in [0.2, 0.25) is 6.79 Å². The lowest BCUT2D eigenvalue weighted by molar-refractivity contribution is 0.0666. The summed E-state index contributed by atoms with van der Waals surface area (Å²) in [6, 6.07) is 27.2. The van der Waals surface area contributed by atoms with Crippen LogP contribution in [0.25, 0.3) is 10.9 Å². The highest BCUT2D eigenvalue weighted by Crippen LogP contribution is 2.37. The van der Waals surface area contributed by atoms with Crippen molar-refractivity contribution in [1.82, 2.24) is 9.88 Å². The van der Waals surface area contributed by atoms with Gasteiger partial charge in [0.25, 0.3) is 5.91 Å². The van der Waals surface area contributed by atoms with E-state index in [1.54, 1.807) is 6.07 Å². The predicted molar refractivity (Wildman–Crippen MR) is 119 cm³/mol. The molecule has 5 nitrogen and oxygen atoms in total. The molecule has 5 heteroatoms. The Morgan fingerprint density at radius 1 is 0.935 bits per heavy atom. The smallest absolute Gasteiger partial charge is 0.273 e. The van der Waals surface area contributed by atoms with Crippen LogP contribution >= 0.6 is 0 Å². The van der Waals surface area contributed by atoms with Crippen molar-refractivity contribution in [2.45, 2.75) is 19.5 Å². The van der Waals surface area contributed by atoms with Crippen LogP contribution in [0, 0.1) is 0 Å². The first-order chi connectivity index (χ1) is 15.2. The number of para-hydroxylation sites is 2. The van der Waals surface area contributed by atoms with Gasteiger partial charge in [0.15, 0.2) is 11.5 Å². The van der Waals surface area contributed by atoms with Gasteiger partial charge in [-0.1, -0.05) is 66.7 Å². The summed E-state index contributed by atoms with van der Waals surface area (Å²) in [5, 5.41) is 1.01. The maximum Gasteiger partial charge on any atom is 0.273 e. The molecule has 0 spiro atoms. The molecular formula is C26H22N2O3. The Bertz CT molecular complexity index is 1240. The van der Waals surface area contributed by atoms with Crippen LogP contribution in [0.5, 0.6) is 11.5 Å². The number of nitrogens with zero attached hydrogens (tertiary/aromatic N) is 2. The minimum atomic E-state index is -0.153. The van der Waals surface area contributed by atoms with Gasteiger partial charge >= 0.3 is 0 Å². The molecule has 5 rings (SSSR count). The van der Waals surface area contributed by atoms with Crippen LogP contribution in [-0.2, 0) is 6.54 Å². The molecule has 0 N–H and O–H groups in total. The maximum absolute atomic E-state index is 13.7. The first-order valence-electron chi connectivity index (χ1n) is 10.3. The number of ether oxygens (including phenoxy) is 2. The van der Waals surface area contributed by atoms with Gasteiger partial charge in [-0.3, -0.25) is 4.79 Å². The van der Waals surface area contributed by atoms with E-state index < -0.39 is 0 Å². The second-order valence-electron chi connectivity index (χ2n) is 7.56. The molecule has 0 saturated carbocycles. The van der Waals surface area contributed by atoms with Crippen LogP contribution in [0.3, 0.4) is 0 Å². The van der Waals surface area contributed by atoms with Crippen LogP contribution in [-0.4, -0.2) is 22.6 Å². The van der Waals surface area contributed by atoms with E-state index in [1.807, 2.05) is 90.7 Å². The zero-order valence-corrected chi connectivity index (χ0v) is 17.2. The maximum atomic E-state index is 13.7. The largest absolute Gasteiger partial charge is 0.454 e. The third kappa shape index (κ3) is 3.70. The quantitative estimate of drug-likeness (QED) is 0.444. The van der Waals surface area contributed by atoms with Crippen molar-refractivity contribution in [3.63, 3.8) is 0 Å². The van der Waals surface area contributed by atoms with E-state index in [1.165, 1.54) is 0 Å². The Kier molecular flexibility index (Phi) is 5.00. The van der Waals surface area contributed by atoms with Gasteiger partial charge in [-0.2, -0.15) is 0 Å². The van der Waals surface area contributed by atoms with Crippen molar-refractivity contribution in [1.29, 1.82) is 0 Å².